The Morgan fingerprint density at radius 2 is 2.00 bits per heavy atom. The molecule has 0 saturated carbocycles. The SMILES string of the molecule is CCNC(CCN(CC)CCCO)c1cccc(F)c1F. The number of hydrogen-bond acceptors (Lipinski definition) is 3. The van der Waals surface area contributed by atoms with Gasteiger partial charge in [-0.15, -0.1) is 0 Å². The Balaban J connectivity index is 2.71. The topological polar surface area (TPSA) is 35.5 Å². The molecule has 1 aromatic rings. The summed E-state index contributed by atoms with van der Waals surface area (Å²) >= 11 is 0. The normalized spacial score (nSPS) is 12.9. The fraction of sp³-hybridized carbons (Fsp3) is 0.625. The summed E-state index contributed by atoms with van der Waals surface area (Å²) in [7, 11) is 0. The van der Waals surface area contributed by atoms with Crippen LogP contribution in [0.2, 0.25) is 0 Å². The number of halogens is 2. The molecule has 0 spiro atoms. The van der Waals surface area contributed by atoms with Gasteiger partial charge in [0, 0.05) is 24.8 Å². The van der Waals surface area contributed by atoms with Gasteiger partial charge in [-0.2, -0.15) is 0 Å². The van der Waals surface area contributed by atoms with Crippen molar-refractivity contribution in [2.45, 2.75) is 32.7 Å². The van der Waals surface area contributed by atoms with Crippen LogP contribution in [0.5, 0.6) is 0 Å². The molecule has 3 nitrogen and oxygen atoms in total. The van der Waals surface area contributed by atoms with Crippen molar-refractivity contribution in [2.75, 3.05) is 32.8 Å². The second kappa shape index (κ2) is 9.82. The van der Waals surface area contributed by atoms with E-state index in [0.29, 0.717) is 18.5 Å². The lowest BCUT2D eigenvalue weighted by molar-refractivity contribution is 0.222. The Bertz CT molecular complexity index is 415. The lowest BCUT2D eigenvalue weighted by Gasteiger charge is -2.25. The van der Waals surface area contributed by atoms with E-state index in [9.17, 15) is 8.78 Å². The fourth-order valence-corrected chi connectivity index (χ4v) is 2.44. The van der Waals surface area contributed by atoms with Crippen molar-refractivity contribution >= 4 is 0 Å². The lowest BCUT2D eigenvalue weighted by atomic mass is 10.0. The number of hydrogen-bond donors (Lipinski definition) is 2. The predicted molar refractivity (Wildman–Crippen MR) is 81.2 cm³/mol. The first-order valence-electron chi connectivity index (χ1n) is 7.64. The van der Waals surface area contributed by atoms with E-state index in [0.717, 1.165) is 32.1 Å². The molecular formula is C16H26F2N2O. The molecule has 0 aromatic heterocycles. The molecule has 120 valence electrons. The van der Waals surface area contributed by atoms with Crippen LogP contribution in [0.15, 0.2) is 18.2 Å². The van der Waals surface area contributed by atoms with E-state index in [1.165, 1.54) is 0 Å². The molecular weight excluding hydrogens is 274 g/mol. The second-order valence-corrected chi connectivity index (χ2v) is 5.05. The molecule has 0 heterocycles. The highest BCUT2D eigenvalue weighted by molar-refractivity contribution is 5.22. The zero-order chi connectivity index (χ0) is 15.7. The van der Waals surface area contributed by atoms with Crippen molar-refractivity contribution in [3.8, 4) is 0 Å². The number of rotatable bonds is 10. The van der Waals surface area contributed by atoms with Crippen molar-refractivity contribution in [3.63, 3.8) is 0 Å². The van der Waals surface area contributed by atoms with E-state index < -0.39 is 11.6 Å². The summed E-state index contributed by atoms with van der Waals surface area (Å²) in [6.45, 7) is 7.36. The summed E-state index contributed by atoms with van der Waals surface area (Å²) in [6.07, 6.45) is 1.43. The van der Waals surface area contributed by atoms with E-state index in [4.69, 9.17) is 5.11 Å². The van der Waals surface area contributed by atoms with Crippen LogP contribution in [0, 0.1) is 11.6 Å². The van der Waals surface area contributed by atoms with Gasteiger partial charge < -0.3 is 15.3 Å². The molecule has 1 aromatic carbocycles. The molecule has 0 amide bonds. The van der Waals surface area contributed by atoms with Gasteiger partial charge in [0.2, 0.25) is 0 Å². The van der Waals surface area contributed by atoms with Gasteiger partial charge in [-0.05, 0) is 38.5 Å². The fourth-order valence-electron chi connectivity index (χ4n) is 2.44. The Morgan fingerprint density at radius 1 is 1.24 bits per heavy atom. The van der Waals surface area contributed by atoms with Crippen LogP contribution in [0.1, 0.15) is 38.3 Å². The molecule has 0 saturated heterocycles. The average Bonchev–Trinajstić information content (AvgIpc) is 2.49. The van der Waals surface area contributed by atoms with E-state index in [2.05, 4.69) is 17.1 Å². The molecule has 1 unspecified atom stereocenters. The molecule has 0 fully saturated rings. The highest BCUT2D eigenvalue weighted by Crippen LogP contribution is 2.22. The maximum atomic E-state index is 13.9. The van der Waals surface area contributed by atoms with E-state index in [1.54, 1.807) is 12.1 Å². The van der Waals surface area contributed by atoms with Gasteiger partial charge in [0.15, 0.2) is 11.6 Å². The van der Waals surface area contributed by atoms with Gasteiger partial charge in [-0.1, -0.05) is 26.0 Å². The monoisotopic (exact) mass is 300 g/mol. The number of nitrogens with one attached hydrogen (secondary N) is 1. The summed E-state index contributed by atoms with van der Waals surface area (Å²) in [6, 6.07) is 4.12. The highest BCUT2D eigenvalue weighted by Gasteiger charge is 2.18. The third-order valence-electron chi connectivity index (χ3n) is 3.62. The highest BCUT2D eigenvalue weighted by atomic mass is 19.2. The van der Waals surface area contributed by atoms with Crippen LogP contribution in [0.25, 0.3) is 0 Å². The molecule has 2 N–H and O–H groups in total. The minimum atomic E-state index is -0.803. The summed E-state index contributed by atoms with van der Waals surface area (Å²) in [5, 5.41) is 12.1. The van der Waals surface area contributed by atoms with Gasteiger partial charge in [0.1, 0.15) is 0 Å². The van der Waals surface area contributed by atoms with Gasteiger partial charge in [-0.3, -0.25) is 0 Å². The quantitative estimate of drug-likeness (QED) is 0.697. The van der Waals surface area contributed by atoms with Crippen LogP contribution < -0.4 is 5.32 Å². The van der Waals surface area contributed by atoms with Crippen molar-refractivity contribution in [2.24, 2.45) is 0 Å². The van der Waals surface area contributed by atoms with Gasteiger partial charge in [0.25, 0.3) is 0 Å². The van der Waals surface area contributed by atoms with E-state index in [-0.39, 0.29) is 12.6 Å². The van der Waals surface area contributed by atoms with Crippen molar-refractivity contribution in [1.29, 1.82) is 0 Å². The Kier molecular flexibility index (Phi) is 8.42. The lowest BCUT2D eigenvalue weighted by Crippen LogP contribution is -2.31. The Hall–Kier alpha value is -1.04. The second-order valence-electron chi connectivity index (χ2n) is 5.05. The van der Waals surface area contributed by atoms with Crippen molar-refractivity contribution < 1.29 is 13.9 Å². The first kappa shape index (κ1) is 18.0. The van der Waals surface area contributed by atoms with Crippen LogP contribution in [-0.4, -0.2) is 42.8 Å². The number of aliphatic hydroxyl groups is 1. The third-order valence-corrected chi connectivity index (χ3v) is 3.62. The Morgan fingerprint density at radius 3 is 2.62 bits per heavy atom. The van der Waals surface area contributed by atoms with E-state index in [1.807, 2.05) is 6.92 Å². The molecule has 1 atom stereocenters. The minimum absolute atomic E-state index is 0.172. The first-order chi connectivity index (χ1) is 10.1. The summed E-state index contributed by atoms with van der Waals surface area (Å²) in [4.78, 5) is 2.21. The largest absolute Gasteiger partial charge is 0.396 e. The summed E-state index contributed by atoms with van der Waals surface area (Å²) in [5.41, 5.74) is 0.384. The maximum Gasteiger partial charge on any atom is 0.163 e. The molecule has 0 aliphatic heterocycles. The number of benzene rings is 1. The molecule has 1 rings (SSSR count). The van der Waals surface area contributed by atoms with Crippen molar-refractivity contribution in [3.05, 3.63) is 35.4 Å². The smallest absolute Gasteiger partial charge is 0.163 e. The Labute approximate surface area is 126 Å². The predicted octanol–water partition coefficient (Wildman–Crippen LogP) is 2.71. The molecule has 0 radical (unpaired) electrons. The first-order valence-corrected chi connectivity index (χ1v) is 7.64. The zero-order valence-corrected chi connectivity index (χ0v) is 12.9. The molecule has 21 heavy (non-hydrogen) atoms. The number of nitrogens with zero attached hydrogens (tertiary/aromatic N) is 1. The van der Waals surface area contributed by atoms with Gasteiger partial charge in [0.05, 0.1) is 0 Å². The minimum Gasteiger partial charge on any atom is -0.396 e. The van der Waals surface area contributed by atoms with Gasteiger partial charge in [-0.25, -0.2) is 8.78 Å². The maximum absolute atomic E-state index is 13.9. The molecule has 0 aliphatic carbocycles. The average molecular weight is 300 g/mol. The zero-order valence-electron chi connectivity index (χ0n) is 12.9. The van der Waals surface area contributed by atoms with Crippen LogP contribution in [0.3, 0.4) is 0 Å². The number of aliphatic hydroxyl groups excluding tert-OH is 1. The molecule has 5 heteroatoms. The van der Waals surface area contributed by atoms with Crippen LogP contribution >= 0.6 is 0 Å². The summed E-state index contributed by atoms with van der Waals surface area (Å²) < 4.78 is 27.3. The standard InChI is InChI=1S/C16H26F2N2O/c1-3-19-15(9-11-20(4-2)10-6-12-21)13-7-5-8-14(17)16(13)18/h5,7-8,15,19,21H,3-4,6,9-12H2,1-2H3. The molecule has 0 aliphatic rings. The van der Waals surface area contributed by atoms with Crippen LogP contribution in [0.4, 0.5) is 8.78 Å². The van der Waals surface area contributed by atoms with E-state index >= 15 is 0 Å². The molecule has 0 bridgehead atoms. The summed E-state index contributed by atoms with van der Waals surface area (Å²) in [5.74, 6) is -1.56. The third kappa shape index (κ3) is 5.69. The van der Waals surface area contributed by atoms with Crippen LogP contribution in [-0.2, 0) is 0 Å². The van der Waals surface area contributed by atoms with Crippen molar-refractivity contribution in [1.82, 2.24) is 10.2 Å². The van der Waals surface area contributed by atoms with Gasteiger partial charge >= 0.3 is 0 Å².